The molecular weight excluding hydrogens is 256 g/mol. The second kappa shape index (κ2) is 7.66. The van der Waals surface area contributed by atoms with Crippen LogP contribution in [0.5, 0.6) is 0 Å². The number of rotatable bonds is 4. The largest absolute Gasteiger partial charge is 0.316 e. The average molecular weight is 287 g/mol. The first-order valence-corrected chi connectivity index (χ1v) is 7.69. The molecule has 0 aromatic carbocycles. The second-order valence-corrected chi connectivity index (χ2v) is 6.84. The van der Waals surface area contributed by atoms with Crippen LogP contribution >= 0.6 is 12.4 Å². The zero-order valence-corrected chi connectivity index (χ0v) is 13.5. The Morgan fingerprint density at radius 3 is 2.79 bits per heavy atom. The normalized spacial score (nSPS) is 31.5. The van der Waals surface area contributed by atoms with E-state index in [9.17, 15) is 0 Å². The molecule has 0 radical (unpaired) electrons. The lowest BCUT2D eigenvalue weighted by atomic mass is 9.74. The predicted molar refractivity (Wildman–Crippen MR) is 86.0 cm³/mol. The smallest absolute Gasteiger partial charge is 0.0181 e. The molecule has 0 aromatic heterocycles. The van der Waals surface area contributed by atoms with Gasteiger partial charge in [-0.15, -0.1) is 19.0 Å². The fraction of sp³-hybridized carbons (Fsp3) is 0.875. The van der Waals surface area contributed by atoms with Crippen LogP contribution in [-0.2, 0) is 0 Å². The van der Waals surface area contributed by atoms with Crippen LogP contribution in [0.25, 0.3) is 0 Å². The van der Waals surface area contributed by atoms with E-state index in [1.54, 1.807) is 0 Å². The van der Waals surface area contributed by atoms with Gasteiger partial charge in [0.2, 0.25) is 0 Å². The van der Waals surface area contributed by atoms with E-state index < -0.39 is 0 Å². The fourth-order valence-corrected chi connectivity index (χ4v) is 3.81. The molecule has 0 amide bonds. The fourth-order valence-electron chi connectivity index (χ4n) is 3.81. The Balaban J connectivity index is 0.00000180. The van der Waals surface area contributed by atoms with Gasteiger partial charge in [0.05, 0.1) is 0 Å². The maximum Gasteiger partial charge on any atom is 0.0181 e. The van der Waals surface area contributed by atoms with Crippen molar-refractivity contribution in [2.75, 3.05) is 26.2 Å². The number of likely N-dealkylation sites (tertiary alicyclic amines) is 1. The van der Waals surface area contributed by atoms with Crippen LogP contribution in [0, 0.1) is 11.3 Å². The summed E-state index contributed by atoms with van der Waals surface area (Å²) in [6, 6.07) is 0.700. The first-order valence-electron chi connectivity index (χ1n) is 7.69. The van der Waals surface area contributed by atoms with E-state index in [2.05, 4.69) is 36.7 Å². The van der Waals surface area contributed by atoms with Gasteiger partial charge in [-0.25, -0.2) is 0 Å². The Labute approximate surface area is 125 Å². The van der Waals surface area contributed by atoms with Crippen molar-refractivity contribution < 1.29 is 0 Å². The molecule has 0 bridgehead atoms. The lowest BCUT2D eigenvalue weighted by molar-refractivity contribution is 0.0252. The Morgan fingerprint density at radius 1 is 1.37 bits per heavy atom. The summed E-state index contributed by atoms with van der Waals surface area (Å²) in [7, 11) is 0. The van der Waals surface area contributed by atoms with Gasteiger partial charge in [-0.3, -0.25) is 4.90 Å². The lowest BCUT2D eigenvalue weighted by Gasteiger charge is -2.48. The Hall–Kier alpha value is -0.0500. The molecular formula is C16H31ClN2. The van der Waals surface area contributed by atoms with Crippen LogP contribution in [-0.4, -0.2) is 37.1 Å². The summed E-state index contributed by atoms with van der Waals surface area (Å²) in [5.74, 6) is 0.861. The summed E-state index contributed by atoms with van der Waals surface area (Å²) in [5, 5.41) is 3.55. The highest BCUT2D eigenvalue weighted by Crippen LogP contribution is 2.37. The van der Waals surface area contributed by atoms with Gasteiger partial charge in [0, 0.05) is 12.6 Å². The van der Waals surface area contributed by atoms with Gasteiger partial charge in [0.1, 0.15) is 0 Å². The van der Waals surface area contributed by atoms with Gasteiger partial charge in [-0.2, -0.15) is 0 Å². The number of nitrogens with one attached hydrogen (secondary N) is 1. The van der Waals surface area contributed by atoms with Crippen molar-refractivity contribution in [3.63, 3.8) is 0 Å². The summed E-state index contributed by atoms with van der Waals surface area (Å²) in [4.78, 5) is 2.75. The minimum Gasteiger partial charge on any atom is -0.316 e. The molecule has 19 heavy (non-hydrogen) atoms. The van der Waals surface area contributed by atoms with Crippen molar-refractivity contribution in [1.82, 2.24) is 10.2 Å². The SMILES string of the molecule is C=CCC1N(CC2CCCNC2)CCCC1(C)C.Cl. The van der Waals surface area contributed by atoms with Crippen molar-refractivity contribution in [3.8, 4) is 0 Å². The van der Waals surface area contributed by atoms with E-state index in [-0.39, 0.29) is 12.4 Å². The number of piperidine rings is 2. The molecule has 2 aliphatic heterocycles. The van der Waals surface area contributed by atoms with Crippen molar-refractivity contribution in [3.05, 3.63) is 12.7 Å². The summed E-state index contributed by atoms with van der Waals surface area (Å²) in [6.45, 7) is 13.9. The molecule has 2 aliphatic rings. The van der Waals surface area contributed by atoms with Crippen LogP contribution in [0.2, 0.25) is 0 Å². The van der Waals surface area contributed by atoms with E-state index in [4.69, 9.17) is 0 Å². The first-order chi connectivity index (χ1) is 8.63. The highest BCUT2D eigenvalue weighted by molar-refractivity contribution is 5.85. The van der Waals surface area contributed by atoms with Gasteiger partial charge in [0.25, 0.3) is 0 Å². The van der Waals surface area contributed by atoms with Crippen LogP contribution in [0.4, 0.5) is 0 Å². The highest BCUT2D eigenvalue weighted by atomic mass is 35.5. The van der Waals surface area contributed by atoms with E-state index in [1.807, 2.05) is 0 Å². The van der Waals surface area contributed by atoms with Gasteiger partial charge >= 0.3 is 0 Å². The summed E-state index contributed by atoms with van der Waals surface area (Å²) in [6.07, 6.45) is 8.75. The van der Waals surface area contributed by atoms with E-state index >= 15 is 0 Å². The number of nitrogens with zero attached hydrogens (tertiary/aromatic N) is 1. The molecule has 1 N–H and O–H groups in total. The minimum atomic E-state index is 0. The molecule has 0 aliphatic carbocycles. The summed E-state index contributed by atoms with van der Waals surface area (Å²) in [5.41, 5.74) is 0.453. The lowest BCUT2D eigenvalue weighted by Crippen LogP contribution is -2.52. The van der Waals surface area contributed by atoms with Crippen LogP contribution in [0.15, 0.2) is 12.7 Å². The standard InChI is InChI=1S/C16H30N2.ClH/c1-4-7-15-16(2,3)9-6-11-18(15)13-14-8-5-10-17-12-14;/h4,14-15,17H,1,5-13H2,2-3H3;1H. The Kier molecular flexibility index (Phi) is 6.85. The quantitative estimate of drug-likeness (QED) is 0.796. The van der Waals surface area contributed by atoms with Crippen LogP contribution in [0.1, 0.15) is 46.0 Å². The van der Waals surface area contributed by atoms with Gasteiger partial charge in [-0.1, -0.05) is 19.9 Å². The third-order valence-corrected chi connectivity index (χ3v) is 4.89. The molecule has 0 spiro atoms. The molecule has 0 aromatic rings. The van der Waals surface area contributed by atoms with E-state index in [1.165, 1.54) is 51.9 Å². The topological polar surface area (TPSA) is 15.3 Å². The minimum absolute atomic E-state index is 0. The second-order valence-electron chi connectivity index (χ2n) is 6.84. The number of hydrogen-bond acceptors (Lipinski definition) is 2. The zero-order valence-electron chi connectivity index (χ0n) is 12.7. The van der Waals surface area contributed by atoms with Crippen molar-refractivity contribution in [2.24, 2.45) is 11.3 Å². The highest BCUT2D eigenvalue weighted by Gasteiger charge is 2.37. The summed E-state index contributed by atoms with van der Waals surface area (Å²) >= 11 is 0. The molecule has 112 valence electrons. The molecule has 2 unspecified atom stereocenters. The molecule has 2 saturated heterocycles. The molecule has 2 heterocycles. The molecule has 2 nitrogen and oxygen atoms in total. The maximum atomic E-state index is 3.96. The van der Waals surface area contributed by atoms with Gasteiger partial charge in [-0.05, 0) is 63.1 Å². The van der Waals surface area contributed by atoms with Crippen molar-refractivity contribution >= 4 is 12.4 Å². The van der Waals surface area contributed by atoms with Crippen molar-refractivity contribution in [1.29, 1.82) is 0 Å². The molecule has 2 atom stereocenters. The predicted octanol–water partition coefficient (Wildman–Crippen LogP) is 3.47. The molecule has 2 rings (SSSR count). The van der Waals surface area contributed by atoms with Gasteiger partial charge in [0.15, 0.2) is 0 Å². The monoisotopic (exact) mass is 286 g/mol. The van der Waals surface area contributed by atoms with Gasteiger partial charge < -0.3 is 5.32 Å². The van der Waals surface area contributed by atoms with Crippen molar-refractivity contribution in [2.45, 2.75) is 52.0 Å². The summed E-state index contributed by atoms with van der Waals surface area (Å²) < 4.78 is 0. The molecule has 3 heteroatoms. The van der Waals surface area contributed by atoms with Crippen LogP contribution in [0.3, 0.4) is 0 Å². The average Bonchev–Trinajstić information content (AvgIpc) is 2.35. The van der Waals surface area contributed by atoms with E-state index in [0.29, 0.717) is 11.5 Å². The van der Waals surface area contributed by atoms with E-state index in [0.717, 1.165) is 12.3 Å². The number of hydrogen-bond donors (Lipinski definition) is 1. The first kappa shape index (κ1) is 17.0. The third-order valence-electron chi connectivity index (χ3n) is 4.89. The molecule has 2 fully saturated rings. The van der Waals surface area contributed by atoms with Crippen LogP contribution < -0.4 is 5.32 Å². The zero-order chi connectivity index (χ0) is 13.0. The molecule has 0 saturated carbocycles. The number of halogens is 1. The Bertz CT molecular complexity index is 272. The maximum absolute atomic E-state index is 3.96. The Morgan fingerprint density at radius 2 is 2.16 bits per heavy atom. The third kappa shape index (κ3) is 4.47.